The Kier molecular flexibility index (Phi) is 7.38. The quantitative estimate of drug-likeness (QED) is 0.756. The first kappa shape index (κ1) is 21.7. The lowest BCUT2D eigenvalue weighted by Gasteiger charge is -2.34. The molecule has 162 valence electrons. The average Bonchev–Trinajstić information content (AvgIpc) is 3.19. The predicted molar refractivity (Wildman–Crippen MR) is 115 cm³/mol. The van der Waals surface area contributed by atoms with Crippen LogP contribution in [0.4, 0.5) is 4.79 Å². The van der Waals surface area contributed by atoms with Crippen LogP contribution in [0.2, 0.25) is 0 Å². The van der Waals surface area contributed by atoms with Gasteiger partial charge in [-0.05, 0) is 49.1 Å². The Morgan fingerprint density at radius 3 is 2.30 bits per heavy atom. The van der Waals surface area contributed by atoms with Crippen LogP contribution >= 0.6 is 0 Å². The molecule has 1 N–H and O–H groups in total. The van der Waals surface area contributed by atoms with Gasteiger partial charge in [-0.3, -0.25) is 4.79 Å². The number of carbonyl (C=O) groups is 2. The molecular formula is C23H31N3O4. The molecule has 0 atom stereocenters. The third kappa shape index (κ3) is 6.02. The minimum atomic E-state index is -0.121. The van der Waals surface area contributed by atoms with Crippen LogP contribution in [0.3, 0.4) is 0 Å². The molecule has 1 aromatic heterocycles. The van der Waals surface area contributed by atoms with Gasteiger partial charge in [-0.25, -0.2) is 4.79 Å². The van der Waals surface area contributed by atoms with Crippen molar-refractivity contribution in [1.29, 1.82) is 0 Å². The Labute approximate surface area is 178 Å². The van der Waals surface area contributed by atoms with E-state index in [2.05, 4.69) is 19.2 Å². The van der Waals surface area contributed by atoms with Crippen molar-refractivity contribution >= 4 is 11.9 Å². The van der Waals surface area contributed by atoms with Crippen LogP contribution in [0.5, 0.6) is 5.75 Å². The summed E-state index contributed by atoms with van der Waals surface area (Å²) < 4.78 is 11.1. The zero-order chi connectivity index (χ0) is 21.5. The summed E-state index contributed by atoms with van der Waals surface area (Å²) in [6.07, 6.45) is 0.756. The lowest BCUT2D eigenvalue weighted by Crippen LogP contribution is -2.53. The monoisotopic (exact) mass is 413 g/mol. The second-order valence-electron chi connectivity index (χ2n) is 8.02. The number of carbonyl (C=O) groups excluding carboxylic acids is 2. The third-order valence-corrected chi connectivity index (χ3v) is 5.00. The van der Waals surface area contributed by atoms with Gasteiger partial charge in [-0.15, -0.1) is 0 Å². The normalized spacial score (nSPS) is 14.1. The molecule has 2 aromatic rings. The van der Waals surface area contributed by atoms with Crippen molar-refractivity contribution in [1.82, 2.24) is 15.1 Å². The minimum absolute atomic E-state index is 0.0900. The van der Waals surface area contributed by atoms with Crippen molar-refractivity contribution in [3.8, 4) is 5.75 Å². The Hall–Kier alpha value is -2.96. The second kappa shape index (κ2) is 10.2. The van der Waals surface area contributed by atoms with Gasteiger partial charge in [0.1, 0.15) is 11.5 Å². The SMILES string of the molecule is Cc1ccc(C(=O)N2CCN(C(=O)NCCc3ccc(OCC(C)C)cc3)CC2)o1. The molecule has 1 fully saturated rings. The van der Waals surface area contributed by atoms with Crippen LogP contribution in [0.25, 0.3) is 0 Å². The van der Waals surface area contributed by atoms with E-state index in [4.69, 9.17) is 9.15 Å². The number of hydrogen-bond donors (Lipinski definition) is 1. The summed E-state index contributed by atoms with van der Waals surface area (Å²) in [5.41, 5.74) is 1.15. The van der Waals surface area contributed by atoms with Crippen LogP contribution in [0.1, 0.15) is 35.7 Å². The van der Waals surface area contributed by atoms with E-state index in [0.29, 0.717) is 56.8 Å². The number of furan rings is 1. The zero-order valence-electron chi connectivity index (χ0n) is 18.0. The third-order valence-electron chi connectivity index (χ3n) is 5.00. The molecule has 3 rings (SSSR count). The fourth-order valence-corrected chi connectivity index (χ4v) is 3.26. The van der Waals surface area contributed by atoms with Gasteiger partial charge >= 0.3 is 6.03 Å². The summed E-state index contributed by atoms with van der Waals surface area (Å²) in [7, 11) is 0. The van der Waals surface area contributed by atoms with Crippen LogP contribution in [-0.2, 0) is 6.42 Å². The summed E-state index contributed by atoms with van der Waals surface area (Å²) in [4.78, 5) is 28.3. The number of benzene rings is 1. The van der Waals surface area contributed by atoms with Crippen LogP contribution in [0.15, 0.2) is 40.8 Å². The second-order valence-corrected chi connectivity index (χ2v) is 8.02. The smallest absolute Gasteiger partial charge is 0.317 e. The van der Waals surface area contributed by atoms with Gasteiger partial charge in [0.05, 0.1) is 6.61 Å². The Morgan fingerprint density at radius 1 is 1.03 bits per heavy atom. The van der Waals surface area contributed by atoms with Crippen LogP contribution in [-0.4, -0.2) is 61.1 Å². The molecule has 0 bridgehead atoms. The van der Waals surface area contributed by atoms with Gasteiger partial charge in [-0.2, -0.15) is 0 Å². The van der Waals surface area contributed by atoms with Crippen molar-refractivity contribution in [3.05, 3.63) is 53.5 Å². The predicted octanol–water partition coefficient (Wildman–Crippen LogP) is 3.33. The largest absolute Gasteiger partial charge is 0.493 e. The maximum Gasteiger partial charge on any atom is 0.317 e. The summed E-state index contributed by atoms with van der Waals surface area (Å²) in [5.74, 6) is 2.31. The Morgan fingerprint density at radius 2 is 1.70 bits per heavy atom. The first-order valence-electron chi connectivity index (χ1n) is 10.5. The van der Waals surface area contributed by atoms with E-state index in [0.717, 1.165) is 17.7 Å². The van der Waals surface area contributed by atoms with Gasteiger partial charge in [0.25, 0.3) is 5.91 Å². The van der Waals surface area contributed by atoms with Gasteiger partial charge in [0.2, 0.25) is 0 Å². The number of nitrogens with one attached hydrogen (secondary N) is 1. The molecule has 7 heteroatoms. The van der Waals surface area contributed by atoms with Crippen molar-refractivity contribution in [2.45, 2.75) is 27.2 Å². The molecule has 2 heterocycles. The van der Waals surface area contributed by atoms with Gasteiger partial charge in [0.15, 0.2) is 5.76 Å². The molecule has 0 aliphatic carbocycles. The van der Waals surface area contributed by atoms with Crippen LogP contribution < -0.4 is 10.1 Å². The summed E-state index contributed by atoms with van der Waals surface area (Å²) >= 11 is 0. The number of nitrogens with zero attached hydrogens (tertiary/aromatic N) is 2. The first-order valence-corrected chi connectivity index (χ1v) is 10.5. The van der Waals surface area contributed by atoms with E-state index in [9.17, 15) is 9.59 Å². The van der Waals surface area contributed by atoms with Crippen LogP contribution in [0, 0.1) is 12.8 Å². The summed E-state index contributed by atoms with van der Waals surface area (Å²) in [6, 6.07) is 11.4. The molecule has 7 nitrogen and oxygen atoms in total. The molecule has 1 saturated heterocycles. The topological polar surface area (TPSA) is 75.0 Å². The number of ether oxygens (including phenoxy) is 1. The maximum atomic E-state index is 12.4. The van der Waals surface area contributed by atoms with E-state index in [1.165, 1.54) is 0 Å². The zero-order valence-corrected chi connectivity index (χ0v) is 18.0. The average molecular weight is 414 g/mol. The standard InChI is InChI=1S/C23H31N3O4/c1-17(2)16-29-20-7-5-19(6-8-20)10-11-24-23(28)26-14-12-25(13-15-26)22(27)21-9-4-18(3)30-21/h4-9,17H,10-16H2,1-3H3,(H,24,28). The molecule has 0 spiro atoms. The highest BCUT2D eigenvalue weighted by atomic mass is 16.5. The number of aryl methyl sites for hydroxylation is 1. The van der Waals surface area contributed by atoms with Gasteiger partial charge < -0.3 is 24.3 Å². The molecule has 1 aromatic carbocycles. The maximum absolute atomic E-state index is 12.4. The lowest BCUT2D eigenvalue weighted by molar-refractivity contribution is 0.0633. The van der Waals surface area contributed by atoms with Crippen molar-refractivity contribution in [2.75, 3.05) is 39.3 Å². The molecule has 0 unspecified atom stereocenters. The summed E-state index contributed by atoms with van der Waals surface area (Å²) in [5, 5.41) is 2.97. The van der Waals surface area contributed by atoms with Gasteiger partial charge in [-0.1, -0.05) is 26.0 Å². The molecule has 3 amide bonds. The van der Waals surface area contributed by atoms with E-state index >= 15 is 0 Å². The molecule has 0 radical (unpaired) electrons. The molecule has 1 aliphatic rings. The van der Waals surface area contributed by atoms with Gasteiger partial charge in [0, 0.05) is 32.7 Å². The Balaban J connectivity index is 1.37. The lowest BCUT2D eigenvalue weighted by atomic mass is 10.1. The highest BCUT2D eigenvalue weighted by molar-refractivity contribution is 5.91. The number of rotatable bonds is 7. The minimum Gasteiger partial charge on any atom is -0.493 e. The highest BCUT2D eigenvalue weighted by Gasteiger charge is 2.26. The number of urea groups is 1. The molecule has 30 heavy (non-hydrogen) atoms. The first-order chi connectivity index (χ1) is 14.4. The van der Waals surface area contributed by atoms with Crippen molar-refractivity contribution in [3.63, 3.8) is 0 Å². The van der Waals surface area contributed by atoms with Crippen molar-refractivity contribution < 1.29 is 18.7 Å². The fraction of sp³-hybridized carbons (Fsp3) is 0.478. The van der Waals surface area contributed by atoms with E-state index in [1.807, 2.05) is 31.2 Å². The fourth-order valence-electron chi connectivity index (χ4n) is 3.26. The molecule has 1 aliphatic heterocycles. The number of piperazine rings is 1. The van der Waals surface area contributed by atoms with E-state index < -0.39 is 0 Å². The highest BCUT2D eigenvalue weighted by Crippen LogP contribution is 2.14. The Bertz CT molecular complexity index is 836. The number of hydrogen-bond acceptors (Lipinski definition) is 4. The van der Waals surface area contributed by atoms with E-state index in [1.54, 1.807) is 21.9 Å². The molecular weight excluding hydrogens is 382 g/mol. The molecule has 0 saturated carbocycles. The number of amides is 3. The van der Waals surface area contributed by atoms with Crippen molar-refractivity contribution in [2.24, 2.45) is 5.92 Å². The van der Waals surface area contributed by atoms with E-state index in [-0.39, 0.29) is 11.9 Å². The summed E-state index contributed by atoms with van der Waals surface area (Å²) in [6.45, 7) is 9.36.